The van der Waals surface area contributed by atoms with Gasteiger partial charge in [0.15, 0.2) is 5.96 Å². The lowest BCUT2D eigenvalue weighted by Gasteiger charge is -2.23. The van der Waals surface area contributed by atoms with Gasteiger partial charge in [-0.15, -0.1) is 24.0 Å². The van der Waals surface area contributed by atoms with Crippen LogP contribution in [0.1, 0.15) is 33.3 Å². The average Bonchev–Trinajstić information content (AvgIpc) is 2.44. The van der Waals surface area contributed by atoms with Crippen molar-refractivity contribution >= 4 is 40.0 Å². The van der Waals surface area contributed by atoms with Crippen LogP contribution in [0.3, 0.4) is 0 Å². The first-order chi connectivity index (χ1) is 10.6. The highest BCUT2D eigenvalue weighted by molar-refractivity contribution is 14.0. The fourth-order valence-corrected chi connectivity index (χ4v) is 2.71. The first kappa shape index (κ1) is 23.1. The fraction of sp³-hybridized carbons (Fsp3) is 0.562. The van der Waals surface area contributed by atoms with Gasteiger partial charge in [-0.25, -0.2) is 17.7 Å². The third kappa shape index (κ3) is 7.35. The fourth-order valence-electron chi connectivity index (χ4n) is 1.81. The lowest BCUT2D eigenvalue weighted by atomic mass is 10.1. The van der Waals surface area contributed by atoms with Gasteiger partial charge in [0.25, 0.3) is 0 Å². The Morgan fingerprint density at radius 2 is 1.71 bits per heavy atom. The lowest BCUT2D eigenvalue weighted by Crippen LogP contribution is -2.47. The van der Waals surface area contributed by atoms with Gasteiger partial charge in [0.2, 0.25) is 10.0 Å². The zero-order valence-electron chi connectivity index (χ0n) is 15.3. The van der Waals surface area contributed by atoms with Gasteiger partial charge in [-0.2, -0.15) is 0 Å². The van der Waals surface area contributed by atoms with E-state index in [4.69, 9.17) is 0 Å². The highest BCUT2D eigenvalue weighted by Gasteiger charge is 2.16. The molecule has 0 saturated carbocycles. The zero-order valence-corrected chi connectivity index (χ0v) is 18.4. The molecule has 1 aromatic rings. The van der Waals surface area contributed by atoms with E-state index in [1.165, 1.54) is 18.4 Å². The van der Waals surface area contributed by atoms with E-state index in [1.807, 2.05) is 6.92 Å². The molecular formula is C16H29IN4O2S. The van der Waals surface area contributed by atoms with E-state index in [0.29, 0.717) is 6.54 Å². The number of halogens is 1. The Morgan fingerprint density at radius 3 is 2.12 bits per heavy atom. The summed E-state index contributed by atoms with van der Waals surface area (Å²) in [7, 11) is -0.340. The van der Waals surface area contributed by atoms with Crippen LogP contribution in [-0.2, 0) is 16.6 Å². The van der Waals surface area contributed by atoms with Gasteiger partial charge in [-0.3, -0.25) is 0 Å². The molecule has 8 heteroatoms. The molecule has 0 radical (unpaired) electrons. The number of sulfonamides is 1. The highest BCUT2D eigenvalue weighted by Crippen LogP contribution is 2.14. The Balaban J connectivity index is 0.00000529. The zero-order chi connectivity index (χ0) is 17.7. The van der Waals surface area contributed by atoms with Crippen molar-refractivity contribution in [2.75, 3.05) is 20.6 Å². The quantitative estimate of drug-likeness (QED) is 0.396. The molecule has 0 fully saturated rings. The van der Waals surface area contributed by atoms with Crippen molar-refractivity contribution in [1.29, 1.82) is 0 Å². The molecule has 0 bridgehead atoms. The van der Waals surface area contributed by atoms with Crippen LogP contribution in [0, 0.1) is 0 Å². The summed E-state index contributed by atoms with van der Waals surface area (Å²) in [6.45, 7) is 9.48. The van der Waals surface area contributed by atoms with Crippen LogP contribution in [0.25, 0.3) is 0 Å². The molecule has 1 rings (SSSR count). The van der Waals surface area contributed by atoms with E-state index in [9.17, 15) is 8.42 Å². The monoisotopic (exact) mass is 468 g/mol. The van der Waals surface area contributed by atoms with Crippen molar-refractivity contribution in [3.63, 3.8) is 0 Å². The van der Waals surface area contributed by atoms with Crippen molar-refractivity contribution in [3.05, 3.63) is 29.8 Å². The van der Waals surface area contributed by atoms with E-state index in [0.717, 1.165) is 18.1 Å². The normalized spacial score (nSPS) is 12.7. The summed E-state index contributed by atoms with van der Waals surface area (Å²) in [5.41, 5.74) is 0.874. The van der Waals surface area contributed by atoms with Crippen molar-refractivity contribution in [3.8, 4) is 0 Å². The number of rotatable bonds is 5. The van der Waals surface area contributed by atoms with Crippen LogP contribution in [0.15, 0.2) is 34.2 Å². The third-order valence-corrected chi connectivity index (χ3v) is 4.79. The number of aliphatic imine (C=N–C) groups is 1. The molecule has 138 valence electrons. The Bertz CT molecular complexity index is 635. The maximum absolute atomic E-state index is 12.0. The SMILES string of the molecule is CCNC(=NCc1ccc(S(=O)(=O)N(C)C)cc1)NC(C)(C)C.I. The largest absolute Gasteiger partial charge is 0.357 e. The van der Waals surface area contributed by atoms with Gasteiger partial charge in [-0.1, -0.05) is 12.1 Å². The van der Waals surface area contributed by atoms with Gasteiger partial charge in [0, 0.05) is 26.2 Å². The van der Waals surface area contributed by atoms with Crippen molar-refractivity contribution in [2.45, 2.75) is 44.7 Å². The summed E-state index contributed by atoms with van der Waals surface area (Å²) in [6, 6.07) is 6.82. The summed E-state index contributed by atoms with van der Waals surface area (Å²) >= 11 is 0. The minimum absolute atomic E-state index is 0. The van der Waals surface area contributed by atoms with Crippen molar-refractivity contribution in [2.24, 2.45) is 4.99 Å². The molecule has 24 heavy (non-hydrogen) atoms. The highest BCUT2D eigenvalue weighted by atomic mass is 127. The topological polar surface area (TPSA) is 73.8 Å². The van der Waals surface area contributed by atoms with Crippen LogP contribution >= 0.6 is 24.0 Å². The molecule has 6 nitrogen and oxygen atoms in total. The Labute approximate surface area is 163 Å². The molecule has 1 aromatic carbocycles. The Morgan fingerprint density at radius 1 is 1.17 bits per heavy atom. The van der Waals surface area contributed by atoms with Gasteiger partial charge >= 0.3 is 0 Å². The van der Waals surface area contributed by atoms with Crippen molar-refractivity contribution in [1.82, 2.24) is 14.9 Å². The molecule has 0 spiro atoms. The molecule has 0 atom stereocenters. The van der Waals surface area contributed by atoms with Crippen LogP contribution < -0.4 is 10.6 Å². The van der Waals surface area contributed by atoms with E-state index in [1.54, 1.807) is 24.3 Å². The summed E-state index contributed by atoms with van der Waals surface area (Å²) in [5, 5.41) is 6.51. The summed E-state index contributed by atoms with van der Waals surface area (Å²) in [6.07, 6.45) is 0. The van der Waals surface area contributed by atoms with Gasteiger partial charge in [0.1, 0.15) is 0 Å². The first-order valence-electron chi connectivity index (χ1n) is 7.64. The van der Waals surface area contributed by atoms with Crippen LogP contribution in [0.2, 0.25) is 0 Å². The lowest BCUT2D eigenvalue weighted by molar-refractivity contribution is 0.501. The first-order valence-corrected chi connectivity index (χ1v) is 9.08. The third-order valence-electron chi connectivity index (χ3n) is 2.96. The summed E-state index contributed by atoms with van der Waals surface area (Å²) in [4.78, 5) is 4.82. The van der Waals surface area contributed by atoms with E-state index >= 15 is 0 Å². The number of guanidine groups is 1. The van der Waals surface area contributed by atoms with Gasteiger partial charge in [-0.05, 0) is 45.4 Å². The summed E-state index contributed by atoms with van der Waals surface area (Å²) < 4.78 is 25.3. The van der Waals surface area contributed by atoms with Crippen LogP contribution in [0.4, 0.5) is 0 Å². The molecule has 0 saturated heterocycles. The Hall–Kier alpha value is -0.870. The molecule has 0 aliphatic heterocycles. The van der Waals surface area contributed by atoms with E-state index < -0.39 is 10.0 Å². The molecule has 0 unspecified atom stereocenters. The maximum atomic E-state index is 12.0. The van der Waals surface area contributed by atoms with Gasteiger partial charge in [0.05, 0.1) is 11.4 Å². The number of hydrogen-bond donors (Lipinski definition) is 2. The van der Waals surface area contributed by atoms with E-state index in [2.05, 4.69) is 36.4 Å². The molecule has 0 aromatic heterocycles. The predicted molar refractivity (Wildman–Crippen MR) is 110 cm³/mol. The molecule has 2 N–H and O–H groups in total. The predicted octanol–water partition coefficient (Wildman–Crippen LogP) is 2.41. The number of hydrogen-bond acceptors (Lipinski definition) is 3. The van der Waals surface area contributed by atoms with Crippen LogP contribution in [-0.4, -0.2) is 44.9 Å². The smallest absolute Gasteiger partial charge is 0.242 e. The number of nitrogens with zero attached hydrogens (tertiary/aromatic N) is 2. The summed E-state index contributed by atoms with van der Waals surface area (Å²) in [5.74, 6) is 0.741. The standard InChI is InChI=1S/C16H28N4O2S.HI/c1-7-17-15(19-16(2,3)4)18-12-13-8-10-14(11-9-13)23(21,22)20(5)6;/h8-11H,7,12H2,1-6H3,(H2,17,18,19);1H. The second kappa shape index (κ2) is 9.57. The molecule has 0 heterocycles. The number of benzene rings is 1. The second-order valence-electron chi connectivity index (χ2n) is 6.50. The van der Waals surface area contributed by atoms with Crippen LogP contribution in [0.5, 0.6) is 0 Å². The maximum Gasteiger partial charge on any atom is 0.242 e. The molecule has 0 aliphatic carbocycles. The second-order valence-corrected chi connectivity index (χ2v) is 8.65. The number of nitrogens with one attached hydrogen (secondary N) is 2. The minimum Gasteiger partial charge on any atom is -0.357 e. The average molecular weight is 468 g/mol. The molecule has 0 aliphatic rings. The molecule has 0 amide bonds. The molecular weight excluding hydrogens is 439 g/mol. The minimum atomic E-state index is -3.38. The van der Waals surface area contributed by atoms with E-state index in [-0.39, 0.29) is 34.4 Å². The van der Waals surface area contributed by atoms with Gasteiger partial charge < -0.3 is 10.6 Å². The Kier molecular flexibility index (Phi) is 9.22. The van der Waals surface area contributed by atoms with Crippen molar-refractivity contribution < 1.29 is 8.42 Å².